The topological polar surface area (TPSA) is 18.5 Å². The van der Waals surface area contributed by atoms with Crippen molar-refractivity contribution in [2.45, 2.75) is 91.3 Å². The predicted molar refractivity (Wildman–Crippen MR) is 77.2 cm³/mol. The first-order chi connectivity index (χ1) is 8.33. The smallest absolute Gasteiger partial charge is 0.158 e. The third-order valence-corrected chi connectivity index (χ3v) is 2.87. The fourth-order valence-corrected chi connectivity index (χ4v) is 1.21. The molecule has 0 aromatic carbocycles. The average molecular weight is 254 g/mol. The monoisotopic (exact) mass is 254 g/mol. The van der Waals surface area contributed by atoms with Gasteiger partial charge < -0.3 is 0 Å². The molecule has 0 unspecified atom stereocenters. The van der Waals surface area contributed by atoms with E-state index in [1.54, 1.807) is 0 Å². The van der Waals surface area contributed by atoms with Crippen LogP contribution in [0.2, 0.25) is 0 Å². The molecule has 0 amide bonds. The summed E-state index contributed by atoms with van der Waals surface area (Å²) in [7, 11) is 0. The molecule has 0 saturated heterocycles. The van der Waals surface area contributed by atoms with Crippen LogP contribution in [0.5, 0.6) is 0 Å². The van der Waals surface area contributed by atoms with Gasteiger partial charge in [-0.25, -0.2) is 9.78 Å². The van der Waals surface area contributed by atoms with Crippen molar-refractivity contribution in [1.82, 2.24) is 0 Å². The zero-order valence-corrected chi connectivity index (χ0v) is 13.1. The van der Waals surface area contributed by atoms with Crippen LogP contribution < -0.4 is 0 Å². The maximum absolute atomic E-state index is 5.44. The van der Waals surface area contributed by atoms with Gasteiger partial charge in [-0.15, -0.1) is 5.92 Å². The summed E-state index contributed by atoms with van der Waals surface area (Å²) in [6.07, 6.45) is 6.87. The Labute approximate surface area is 113 Å². The number of hydrogen-bond donors (Lipinski definition) is 0. The van der Waals surface area contributed by atoms with Crippen molar-refractivity contribution in [3.05, 3.63) is 0 Å². The highest BCUT2D eigenvalue weighted by Crippen LogP contribution is 2.18. The van der Waals surface area contributed by atoms with Crippen LogP contribution >= 0.6 is 0 Å². The van der Waals surface area contributed by atoms with Gasteiger partial charge in [-0.1, -0.05) is 39.0 Å². The van der Waals surface area contributed by atoms with Gasteiger partial charge >= 0.3 is 0 Å². The van der Waals surface area contributed by atoms with Crippen LogP contribution in [0.15, 0.2) is 0 Å². The molecular weight excluding hydrogens is 224 g/mol. The highest BCUT2D eigenvalue weighted by molar-refractivity contribution is 5.10. The van der Waals surface area contributed by atoms with Gasteiger partial charge in [0.2, 0.25) is 0 Å². The third-order valence-electron chi connectivity index (χ3n) is 2.87. The van der Waals surface area contributed by atoms with Crippen LogP contribution in [-0.2, 0) is 9.78 Å². The molecule has 0 spiro atoms. The summed E-state index contributed by atoms with van der Waals surface area (Å²) in [5, 5.41) is 0. The first-order valence-corrected chi connectivity index (χ1v) is 7.20. The Bertz CT molecular complexity index is 269. The van der Waals surface area contributed by atoms with Gasteiger partial charge in [0, 0.05) is 6.42 Å². The quantitative estimate of drug-likeness (QED) is 0.266. The Morgan fingerprint density at radius 2 is 1.56 bits per heavy atom. The second-order valence-electron chi connectivity index (χ2n) is 5.90. The van der Waals surface area contributed by atoms with Crippen molar-refractivity contribution < 1.29 is 9.78 Å². The number of unbranched alkanes of at least 4 members (excludes halogenated alkanes) is 4. The Kier molecular flexibility index (Phi) is 8.31. The van der Waals surface area contributed by atoms with Gasteiger partial charge in [0.05, 0.1) is 5.60 Å². The Hall–Kier alpha value is -0.520. The van der Waals surface area contributed by atoms with Gasteiger partial charge in [-0.2, -0.15) is 0 Å². The lowest BCUT2D eigenvalue weighted by atomic mass is 10.1. The molecule has 0 atom stereocenters. The number of rotatable bonds is 8. The average Bonchev–Trinajstić information content (AvgIpc) is 2.32. The minimum atomic E-state index is -0.531. The summed E-state index contributed by atoms with van der Waals surface area (Å²) in [6, 6.07) is 0. The molecule has 0 aliphatic carbocycles. The molecule has 0 heterocycles. The predicted octanol–water partition coefficient (Wildman–Crippen LogP) is 4.88. The van der Waals surface area contributed by atoms with Gasteiger partial charge in [-0.05, 0) is 40.5 Å². The lowest BCUT2D eigenvalue weighted by Gasteiger charge is -2.26. The Morgan fingerprint density at radius 3 is 2.11 bits per heavy atom. The molecule has 0 aliphatic rings. The Balaban J connectivity index is 3.95. The molecule has 0 rings (SSSR count). The summed E-state index contributed by atoms with van der Waals surface area (Å²) >= 11 is 0. The van der Waals surface area contributed by atoms with Gasteiger partial charge in [-0.3, -0.25) is 0 Å². The van der Waals surface area contributed by atoms with E-state index in [2.05, 4.69) is 25.7 Å². The van der Waals surface area contributed by atoms with Crippen molar-refractivity contribution in [2.75, 3.05) is 0 Å². The molecule has 0 radical (unpaired) electrons. The van der Waals surface area contributed by atoms with E-state index in [9.17, 15) is 0 Å². The van der Waals surface area contributed by atoms with E-state index in [4.69, 9.17) is 9.78 Å². The van der Waals surface area contributed by atoms with E-state index >= 15 is 0 Å². The standard InChI is InChI=1S/C16H30O2/c1-7-9-10-11-12-13-14-16(5,6)18-17-15(3,4)8-2/h7-12H2,1-6H3. The van der Waals surface area contributed by atoms with Crippen molar-refractivity contribution in [2.24, 2.45) is 0 Å². The summed E-state index contributed by atoms with van der Waals surface area (Å²) in [4.78, 5) is 10.9. The summed E-state index contributed by atoms with van der Waals surface area (Å²) in [6.45, 7) is 12.2. The van der Waals surface area contributed by atoms with Gasteiger partial charge in [0.1, 0.15) is 0 Å². The minimum absolute atomic E-state index is 0.250. The molecule has 106 valence electrons. The van der Waals surface area contributed by atoms with E-state index in [-0.39, 0.29) is 5.60 Å². The molecule has 0 aromatic heterocycles. The molecule has 0 saturated carbocycles. The van der Waals surface area contributed by atoms with E-state index < -0.39 is 5.60 Å². The molecular formula is C16H30O2. The molecule has 0 aliphatic heterocycles. The van der Waals surface area contributed by atoms with Crippen LogP contribution in [0, 0.1) is 11.8 Å². The SMILES string of the molecule is CCCCCCC#CC(C)(C)OOC(C)(C)CC. The summed E-state index contributed by atoms with van der Waals surface area (Å²) in [5.41, 5.74) is -0.780. The maximum Gasteiger partial charge on any atom is 0.158 e. The van der Waals surface area contributed by atoms with E-state index in [0.29, 0.717) is 0 Å². The van der Waals surface area contributed by atoms with Crippen LogP contribution in [0.4, 0.5) is 0 Å². The number of hydrogen-bond acceptors (Lipinski definition) is 2. The molecule has 2 nitrogen and oxygen atoms in total. The van der Waals surface area contributed by atoms with Crippen molar-refractivity contribution in [3.63, 3.8) is 0 Å². The highest BCUT2D eigenvalue weighted by Gasteiger charge is 2.23. The fourth-order valence-electron chi connectivity index (χ4n) is 1.21. The second-order valence-corrected chi connectivity index (χ2v) is 5.90. The zero-order valence-electron chi connectivity index (χ0n) is 13.1. The molecule has 0 aromatic rings. The fraction of sp³-hybridized carbons (Fsp3) is 0.875. The highest BCUT2D eigenvalue weighted by atomic mass is 17.2. The summed E-state index contributed by atoms with van der Waals surface area (Å²) < 4.78 is 0. The van der Waals surface area contributed by atoms with Crippen LogP contribution in [-0.4, -0.2) is 11.2 Å². The van der Waals surface area contributed by atoms with E-state index in [1.807, 2.05) is 27.7 Å². The molecule has 2 heteroatoms. The largest absolute Gasteiger partial charge is 0.229 e. The molecule has 18 heavy (non-hydrogen) atoms. The van der Waals surface area contributed by atoms with Crippen molar-refractivity contribution in [3.8, 4) is 11.8 Å². The second kappa shape index (κ2) is 8.56. The van der Waals surface area contributed by atoms with Crippen molar-refractivity contribution in [1.29, 1.82) is 0 Å². The van der Waals surface area contributed by atoms with Crippen molar-refractivity contribution >= 4 is 0 Å². The van der Waals surface area contributed by atoms with Crippen LogP contribution in [0.3, 0.4) is 0 Å². The van der Waals surface area contributed by atoms with Crippen LogP contribution in [0.25, 0.3) is 0 Å². The third kappa shape index (κ3) is 9.50. The molecule has 0 N–H and O–H groups in total. The minimum Gasteiger partial charge on any atom is -0.229 e. The lowest BCUT2D eigenvalue weighted by Crippen LogP contribution is -2.31. The Morgan fingerprint density at radius 1 is 0.889 bits per heavy atom. The van der Waals surface area contributed by atoms with Gasteiger partial charge in [0.15, 0.2) is 5.60 Å². The maximum atomic E-state index is 5.44. The van der Waals surface area contributed by atoms with E-state index in [0.717, 1.165) is 12.8 Å². The zero-order chi connectivity index (χ0) is 14.1. The lowest BCUT2D eigenvalue weighted by molar-refractivity contribution is -0.388. The molecule has 0 fully saturated rings. The van der Waals surface area contributed by atoms with Gasteiger partial charge in [0.25, 0.3) is 0 Å². The summed E-state index contributed by atoms with van der Waals surface area (Å²) in [5.74, 6) is 6.32. The molecule has 0 bridgehead atoms. The first kappa shape index (κ1) is 17.5. The first-order valence-electron chi connectivity index (χ1n) is 7.20. The van der Waals surface area contributed by atoms with E-state index in [1.165, 1.54) is 25.7 Å². The van der Waals surface area contributed by atoms with Crippen LogP contribution in [0.1, 0.15) is 80.1 Å². The normalized spacial score (nSPS) is 12.1.